The van der Waals surface area contributed by atoms with Crippen LogP contribution in [-0.2, 0) is 0 Å². The second-order valence-corrected chi connectivity index (χ2v) is 5.16. The zero-order valence-corrected chi connectivity index (χ0v) is 9.66. The Labute approximate surface area is 87.4 Å². The van der Waals surface area contributed by atoms with Crippen molar-refractivity contribution in [1.29, 1.82) is 0 Å². The molecule has 0 spiro atoms. The highest BCUT2D eigenvalue weighted by Gasteiger charge is 2.32. The van der Waals surface area contributed by atoms with Crippen LogP contribution in [-0.4, -0.2) is 62.2 Å². The van der Waals surface area contributed by atoms with Gasteiger partial charge in [0.2, 0.25) is 0 Å². The molecule has 0 radical (unpaired) electrons. The second-order valence-electron chi connectivity index (χ2n) is 5.16. The number of hydrogen-bond acceptors (Lipinski definition) is 3. The molecule has 2 rings (SSSR count). The average molecular weight is 197 g/mol. The highest BCUT2D eigenvalue weighted by atomic mass is 15.3. The Morgan fingerprint density at radius 1 is 1.36 bits per heavy atom. The van der Waals surface area contributed by atoms with Gasteiger partial charge >= 0.3 is 0 Å². The van der Waals surface area contributed by atoms with Gasteiger partial charge in [-0.05, 0) is 33.0 Å². The molecule has 82 valence electrons. The van der Waals surface area contributed by atoms with E-state index >= 15 is 0 Å². The zero-order chi connectivity index (χ0) is 10.1. The van der Waals surface area contributed by atoms with Crippen molar-refractivity contribution >= 4 is 0 Å². The Kier molecular flexibility index (Phi) is 3.10. The molecular formula is C11H23N3. The van der Waals surface area contributed by atoms with Gasteiger partial charge in [0.15, 0.2) is 0 Å². The molecule has 2 unspecified atom stereocenters. The fraction of sp³-hybridized carbons (Fsp3) is 1.00. The summed E-state index contributed by atoms with van der Waals surface area (Å²) in [6.07, 6.45) is 1.36. The lowest BCUT2D eigenvalue weighted by atomic mass is 10.00. The lowest BCUT2D eigenvalue weighted by Gasteiger charge is -2.44. The number of likely N-dealkylation sites (N-methyl/N-ethyl adjacent to an activating group) is 1. The molecule has 0 aromatic rings. The van der Waals surface area contributed by atoms with E-state index in [2.05, 4.69) is 36.1 Å². The smallest absolute Gasteiger partial charge is 0.0344 e. The first-order valence-electron chi connectivity index (χ1n) is 5.79. The Balaban J connectivity index is 1.68. The largest absolute Gasteiger partial charge is 0.312 e. The number of hydrogen-bond donors (Lipinski definition) is 1. The maximum atomic E-state index is 3.59. The quantitative estimate of drug-likeness (QED) is 0.699. The molecule has 0 saturated carbocycles. The van der Waals surface area contributed by atoms with Gasteiger partial charge in [0.1, 0.15) is 0 Å². The van der Waals surface area contributed by atoms with Crippen molar-refractivity contribution < 1.29 is 0 Å². The molecule has 2 atom stereocenters. The summed E-state index contributed by atoms with van der Waals surface area (Å²) >= 11 is 0. The fourth-order valence-corrected chi connectivity index (χ4v) is 2.44. The highest BCUT2D eigenvalue weighted by molar-refractivity contribution is 4.91. The summed E-state index contributed by atoms with van der Waals surface area (Å²) in [5, 5.41) is 3.59. The Bertz CT molecular complexity index is 187. The van der Waals surface area contributed by atoms with Crippen LogP contribution in [0.25, 0.3) is 0 Å². The molecule has 3 heteroatoms. The Hall–Kier alpha value is -0.120. The number of likely N-dealkylation sites (tertiary alicyclic amines) is 1. The lowest BCUT2D eigenvalue weighted by molar-refractivity contribution is 0.0538. The second kappa shape index (κ2) is 4.17. The van der Waals surface area contributed by atoms with E-state index in [9.17, 15) is 0 Å². The molecule has 0 aromatic heterocycles. The van der Waals surface area contributed by atoms with E-state index in [1.54, 1.807) is 0 Å². The molecule has 1 N–H and O–H groups in total. The van der Waals surface area contributed by atoms with Gasteiger partial charge in [-0.2, -0.15) is 0 Å². The number of nitrogens with zero attached hydrogens (tertiary/aromatic N) is 2. The van der Waals surface area contributed by atoms with Crippen LogP contribution in [0.4, 0.5) is 0 Å². The Morgan fingerprint density at radius 3 is 2.57 bits per heavy atom. The van der Waals surface area contributed by atoms with Gasteiger partial charge in [0, 0.05) is 31.7 Å². The van der Waals surface area contributed by atoms with Crippen LogP contribution in [0, 0.1) is 5.92 Å². The van der Waals surface area contributed by atoms with Crippen molar-refractivity contribution in [2.45, 2.75) is 25.4 Å². The molecule has 2 saturated heterocycles. The number of rotatable bonds is 3. The summed E-state index contributed by atoms with van der Waals surface area (Å²) in [5.74, 6) is 0.869. The van der Waals surface area contributed by atoms with Gasteiger partial charge in [-0.1, -0.05) is 6.92 Å². The van der Waals surface area contributed by atoms with Crippen LogP contribution in [0.3, 0.4) is 0 Å². The summed E-state index contributed by atoms with van der Waals surface area (Å²) < 4.78 is 0. The molecule has 2 aliphatic heterocycles. The van der Waals surface area contributed by atoms with Crippen LogP contribution in [0.5, 0.6) is 0 Å². The first kappa shape index (κ1) is 10.4. The van der Waals surface area contributed by atoms with E-state index < -0.39 is 0 Å². The first-order valence-corrected chi connectivity index (χ1v) is 5.79. The summed E-state index contributed by atoms with van der Waals surface area (Å²) in [4.78, 5) is 4.91. The molecule has 2 fully saturated rings. The first-order chi connectivity index (χ1) is 6.66. The molecule has 0 bridgehead atoms. The van der Waals surface area contributed by atoms with E-state index in [1.807, 2.05) is 0 Å². The van der Waals surface area contributed by atoms with E-state index in [0.29, 0.717) is 0 Å². The van der Waals surface area contributed by atoms with Gasteiger partial charge in [-0.25, -0.2) is 0 Å². The highest BCUT2D eigenvalue weighted by Crippen LogP contribution is 2.19. The van der Waals surface area contributed by atoms with Crippen molar-refractivity contribution in [3.63, 3.8) is 0 Å². The van der Waals surface area contributed by atoms with Crippen LogP contribution in [0.1, 0.15) is 13.3 Å². The summed E-state index contributed by atoms with van der Waals surface area (Å²) in [5.41, 5.74) is 0. The molecule has 3 nitrogen and oxygen atoms in total. The van der Waals surface area contributed by atoms with E-state index in [-0.39, 0.29) is 0 Å². The third-order valence-corrected chi connectivity index (χ3v) is 3.82. The van der Waals surface area contributed by atoms with Crippen LogP contribution in [0.2, 0.25) is 0 Å². The SMILES string of the molecule is CC1CCNC1CN1CC(N(C)C)C1. The molecule has 2 heterocycles. The maximum Gasteiger partial charge on any atom is 0.0344 e. The predicted octanol–water partition coefficient (Wildman–Crippen LogP) is 0.230. The van der Waals surface area contributed by atoms with Gasteiger partial charge in [-0.15, -0.1) is 0 Å². The monoisotopic (exact) mass is 197 g/mol. The summed E-state index contributed by atoms with van der Waals surface area (Å²) in [7, 11) is 4.36. The topological polar surface area (TPSA) is 18.5 Å². The minimum atomic E-state index is 0.748. The van der Waals surface area contributed by atoms with E-state index in [0.717, 1.165) is 18.0 Å². The minimum Gasteiger partial charge on any atom is -0.312 e. The van der Waals surface area contributed by atoms with Gasteiger partial charge in [0.05, 0.1) is 0 Å². The van der Waals surface area contributed by atoms with E-state index in [4.69, 9.17) is 0 Å². The van der Waals surface area contributed by atoms with Gasteiger partial charge in [-0.3, -0.25) is 4.90 Å². The van der Waals surface area contributed by atoms with Crippen molar-refractivity contribution in [2.24, 2.45) is 5.92 Å². The van der Waals surface area contributed by atoms with Gasteiger partial charge < -0.3 is 10.2 Å². The third-order valence-electron chi connectivity index (χ3n) is 3.82. The van der Waals surface area contributed by atoms with Crippen molar-refractivity contribution in [3.8, 4) is 0 Å². The van der Waals surface area contributed by atoms with E-state index in [1.165, 1.54) is 32.6 Å². The average Bonchev–Trinajstić information content (AvgIpc) is 2.42. The van der Waals surface area contributed by atoms with Crippen molar-refractivity contribution in [1.82, 2.24) is 15.1 Å². The third kappa shape index (κ3) is 2.10. The standard InChI is InChI=1S/C11H23N3/c1-9-4-5-12-11(9)8-14-6-10(7-14)13(2)3/h9-12H,4-8H2,1-3H3. The van der Waals surface area contributed by atoms with Crippen molar-refractivity contribution in [2.75, 3.05) is 40.3 Å². The summed E-state index contributed by atoms with van der Waals surface area (Å²) in [6.45, 7) is 7.37. The lowest BCUT2D eigenvalue weighted by Crippen LogP contribution is -2.59. The number of nitrogens with one attached hydrogen (secondary N) is 1. The Morgan fingerprint density at radius 2 is 2.07 bits per heavy atom. The van der Waals surface area contributed by atoms with Gasteiger partial charge in [0.25, 0.3) is 0 Å². The minimum absolute atomic E-state index is 0.748. The molecule has 0 aliphatic carbocycles. The molecule has 0 aromatic carbocycles. The fourth-order valence-electron chi connectivity index (χ4n) is 2.44. The zero-order valence-electron chi connectivity index (χ0n) is 9.66. The molecule has 2 aliphatic rings. The van der Waals surface area contributed by atoms with Crippen LogP contribution in [0.15, 0.2) is 0 Å². The van der Waals surface area contributed by atoms with Crippen LogP contribution >= 0.6 is 0 Å². The molecule has 14 heavy (non-hydrogen) atoms. The normalized spacial score (nSPS) is 35.1. The van der Waals surface area contributed by atoms with Crippen molar-refractivity contribution in [3.05, 3.63) is 0 Å². The molecular weight excluding hydrogens is 174 g/mol. The summed E-state index contributed by atoms with van der Waals surface area (Å²) in [6, 6.07) is 1.55. The van der Waals surface area contributed by atoms with Crippen LogP contribution < -0.4 is 5.32 Å². The molecule has 0 amide bonds. The maximum absolute atomic E-state index is 3.59. The predicted molar refractivity (Wildman–Crippen MR) is 59.5 cm³/mol.